The molecule has 0 aliphatic carbocycles. The van der Waals surface area contributed by atoms with E-state index in [1.165, 1.54) is 12.1 Å². The van der Waals surface area contributed by atoms with E-state index >= 15 is 0 Å². The minimum absolute atomic E-state index is 0.0296. The third kappa shape index (κ3) is 3.16. The minimum atomic E-state index is -0.453. The van der Waals surface area contributed by atoms with E-state index in [0.29, 0.717) is 18.7 Å². The lowest BCUT2D eigenvalue weighted by Crippen LogP contribution is -2.36. The van der Waals surface area contributed by atoms with Crippen LogP contribution >= 0.6 is 0 Å². The fourth-order valence-corrected chi connectivity index (χ4v) is 4.49. The second-order valence-corrected chi connectivity index (χ2v) is 7.79. The van der Waals surface area contributed by atoms with Crippen molar-refractivity contribution in [2.24, 2.45) is 0 Å². The average molecular weight is 400 g/mol. The summed E-state index contributed by atoms with van der Waals surface area (Å²) >= 11 is 0. The van der Waals surface area contributed by atoms with Gasteiger partial charge >= 0.3 is 0 Å². The molecule has 0 fully saturated rings. The van der Waals surface area contributed by atoms with Gasteiger partial charge < -0.3 is 9.80 Å². The highest BCUT2D eigenvalue weighted by molar-refractivity contribution is 6.00. The Morgan fingerprint density at radius 1 is 0.933 bits per heavy atom. The lowest BCUT2D eigenvalue weighted by atomic mass is 10.0. The van der Waals surface area contributed by atoms with Crippen molar-refractivity contribution in [2.45, 2.75) is 25.4 Å². The molecule has 0 saturated carbocycles. The largest absolute Gasteiger partial charge is 0.327 e. The lowest BCUT2D eigenvalue weighted by Gasteiger charge is -2.30. The van der Waals surface area contributed by atoms with Gasteiger partial charge in [0.1, 0.15) is 5.82 Å². The second kappa shape index (κ2) is 7.41. The molecule has 2 amide bonds. The van der Waals surface area contributed by atoms with Crippen LogP contribution in [0.1, 0.15) is 39.5 Å². The predicted molar refractivity (Wildman–Crippen MR) is 113 cm³/mol. The predicted octanol–water partition coefficient (Wildman–Crippen LogP) is 4.50. The number of benzene rings is 3. The third-order valence-corrected chi connectivity index (χ3v) is 6.04. The molecule has 4 nitrogen and oxygen atoms in total. The van der Waals surface area contributed by atoms with Gasteiger partial charge in [0.25, 0.3) is 5.91 Å². The Morgan fingerprint density at radius 2 is 1.63 bits per heavy atom. The highest BCUT2D eigenvalue weighted by Gasteiger charge is 2.36. The first-order valence-electron chi connectivity index (χ1n) is 10.1. The Balaban J connectivity index is 1.46. The van der Waals surface area contributed by atoms with Crippen LogP contribution in [0.3, 0.4) is 0 Å². The molecular weight excluding hydrogens is 379 g/mol. The van der Waals surface area contributed by atoms with E-state index in [4.69, 9.17) is 0 Å². The summed E-state index contributed by atoms with van der Waals surface area (Å²) in [4.78, 5) is 30.0. The summed E-state index contributed by atoms with van der Waals surface area (Å²) in [6.45, 7) is 1.09. The van der Waals surface area contributed by atoms with Crippen molar-refractivity contribution in [1.29, 1.82) is 0 Å². The number of para-hydroxylation sites is 1. The zero-order valence-electron chi connectivity index (χ0n) is 16.4. The first-order valence-corrected chi connectivity index (χ1v) is 10.1. The number of hydrogen-bond acceptors (Lipinski definition) is 2. The molecule has 5 heteroatoms. The van der Waals surface area contributed by atoms with E-state index in [1.54, 1.807) is 21.9 Å². The standard InChI is InChI=1S/C25H21FN2O2/c26-20-11-9-18(10-12-20)23(28-16-19-6-1-3-7-21(19)25(28)30)15-24(29)27-14-13-17-5-2-4-8-22(17)27/h1-12,23H,13-16H2/t23-/m0/s1. The molecule has 3 aromatic carbocycles. The molecule has 2 heterocycles. The molecule has 0 unspecified atom stereocenters. The number of anilines is 1. The van der Waals surface area contributed by atoms with E-state index in [2.05, 4.69) is 0 Å². The molecule has 30 heavy (non-hydrogen) atoms. The Hall–Kier alpha value is -3.47. The zero-order chi connectivity index (χ0) is 20.7. The molecule has 5 rings (SSSR count). The lowest BCUT2D eigenvalue weighted by molar-refractivity contribution is -0.119. The Bertz CT molecular complexity index is 1130. The molecule has 0 aromatic heterocycles. The first kappa shape index (κ1) is 18.6. The summed E-state index contributed by atoms with van der Waals surface area (Å²) in [6.07, 6.45) is 0.983. The second-order valence-electron chi connectivity index (χ2n) is 7.79. The van der Waals surface area contributed by atoms with Gasteiger partial charge in [-0.15, -0.1) is 0 Å². The fraction of sp³-hybridized carbons (Fsp3) is 0.200. The quantitative estimate of drug-likeness (QED) is 0.647. The molecule has 0 bridgehead atoms. The normalized spacial score (nSPS) is 15.8. The molecule has 0 spiro atoms. The van der Waals surface area contributed by atoms with E-state index in [-0.39, 0.29) is 24.1 Å². The maximum Gasteiger partial charge on any atom is 0.255 e. The summed E-state index contributed by atoms with van der Waals surface area (Å²) in [7, 11) is 0. The molecule has 3 aromatic rings. The first-order chi connectivity index (χ1) is 14.6. The van der Waals surface area contributed by atoms with Gasteiger partial charge in [0.15, 0.2) is 0 Å². The number of rotatable bonds is 4. The third-order valence-electron chi connectivity index (χ3n) is 6.04. The van der Waals surface area contributed by atoms with Gasteiger partial charge in [-0.05, 0) is 47.4 Å². The van der Waals surface area contributed by atoms with Crippen LogP contribution in [0, 0.1) is 5.82 Å². The summed E-state index contributed by atoms with van der Waals surface area (Å²) in [5.41, 5.74) is 4.49. The number of halogens is 1. The number of carbonyl (C=O) groups excluding carboxylic acids is 2. The fourth-order valence-electron chi connectivity index (χ4n) is 4.49. The van der Waals surface area contributed by atoms with Gasteiger partial charge in [-0.1, -0.05) is 48.5 Å². The van der Waals surface area contributed by atoms with Crippen LogP contribution in [0.25, 0.3) is 0 Å². The highest BCUT2D eigenvalue weighted by atomic mass is 19.1. The van der Waals surface area contributed by atoms with Crippen molar-refractivity contribution in [3.8, 4) is 0 Å². The molecule has 0 saturated heterocycles. The number of amides is 2. The van der Waals surface area contributed by atoms with Gasteiger partial charge in [-0.2, -0.15) is 0 Å². The molecular formula is C25H21FN2O2. The Labute approximate surface area is 174 Å². The number of fused-ring (bicyclic) bond motifs is 2. The van der Waals surface area contributed by atoms with Gasteiger partial charge in [0.05, 0.1) is 12.5 Å². The van der Waals surface area contributed by atoms with Crippen LogP contribution in [0.4, 0.5) is 10.1 Å². The van der Waals surface area contributed by atoms with Crippen molar-refractivity contribution >= 4 is 17.5 Å². The van der Waals surface area contributed by atoms with Crippen molar-refractivity contribution in [3.05, 3.63) is 101 Å². The molecule has 150 valence electrons. The molecule has 2 aliphatic heterocycles. The van der Waals surface area contributed by atoms with Crippen LogP contribution < -0.4 is 4.90 Å². The molecule has 1 atom stereocenters. The van der Waals surface area contributed by atoms with Crippen LogP contribution in [0.15, 0.2) is 72.8 Å². The average Bonchev–Trinajstić information content (AvgIpc) is 3.34. The van der Waals surface area contributed by atoms with E-state index in [9.17, 15) is 14.0 Å². The topological polar surface area (TPSA) is 40.6 Å². The summed E-state index contributed by atoms with van der Waals surface area (Å²) in [5.74, 6) is -0.457. The van der Waals surface area contributed by atoms with E-state index < -0.39 is 6.04 Å². The number of nitrogens with zero attached hydrogens (tertiary/aromatic N) is 2. The van der Waals surface area contributed by atoms with Crippen molar-refractivity contribution in [2.75, 3.05) is 11.4 Å². The van der Waals surface area contributed by atoms with Gasteiger partial charge in [0.2, 0.25) is 5.91 Å². The van der Waals surface area contributed by atoms with Crippen molar-refractivity contribution < 1.29 is 14.0 Å². The maximum absolute atomic E-state index is 13.5. The summed E-state index contributed by atoms with van der Waals surface area (Å²) in [6, 6.07) is 21.1. The molecule has 0 radical (unpaired) electrons. The van der Waals surface area contributed by atoms with Crippen molar-refractivity contribution in [1.82, 2.24) is 4.90 Å². The number of hydrogen-bond donors (Lipinski definition) is 0. The van der Waals surface area contributed by atoms with Gasteiger partial charge in [0, 0.05) is 24.3 Å². The van der Waals surface area contributed by atoms with E-state index in [0.717, 1.165) is 28.8 Å². The molecule has 2 aliphatic rings. The highest BCUT2D eigenvalue weighted by Crippen LogP contribution is 2.35. The Kier molecular flexibility index (Phi) is 4.58. The Morgan fingerprint density at radius 3 is 2.40 bits per heavy atom. The molecule has 0 N–H and O–H groups in total. The summed E-state index contributed by atoms with van der Waals surface area (Å²) in [5, 5.41) is 0. The van der Waals surface area contributed by atoms with E-state index in [1.807, 2.05) is 48.5 Å². The smallest absolute Gasteiger partial charge is 0.255 e. The maximum atomic E-state index is 13.5. The minimum Gasteiger partial charge on any atom is -0.327 e. The monoisotopic (exact) mass is 400 g/mol. The van der Waals surface area contributed by atoms with Crippen LogP contribution in [-0.2, 0) is 17.8 Å². The van der Waals surface area contributed by atoms with Gasteiger partial charge in [-0.25, -0.2) is 4.39 Å². The zero-order valence-corrected chi connectivity index (χ0v) is 16.4. The SMILES string of the molecule is O=C(C[C@@H](c1ccc(F)cc1)N1Cc2ccccc2C1=O)N1CCc2ccccc21. The van der Waals surface area contributed by atoms with Gasteiger partial charge in [-0.3, -0.25) is 9.59 Å². The van der Waals surface area contributed by atoms with Crippen LogP contribution in [0.5, 0.6) is 0 Å². The van der Waals surface area contributed by atoms with Crippen molar-refractivity contribution in [3.63, 3.8) is 0 Å². The van der Waals surface area contributed by atoms with Crippen LogP contribution in [0.2, 0.25) is 0 Å². The number of carbonyl (C=O) groups is 2. The summed E-state index contributed by atoms with van der Waals surface area (Å²) < 4.78 is 13.5. The van der Waals surface area contributed by atoms with Crippen LogP contribution in [-0.4, -0.2) is 23.3 Å².